The van der Waals surface area contributed by atoms with Crippen LogP contribution in [0.4, 0.5) is 10.5 Å². The standard InChI is InChI=1S/C19H25Cl2N3O5/c1-12(2)11-29-19(27)24-6-4-23(5-7-24)10-16(25)22-17-14(18(26)28-3)8-13(20)9-15(17)21/h8-9,12H,4-7,10-11H2,1-3H3,(H,22,25). The number of hydrogen-bond acceptors (Lipinski definition) is 6. The highest BCUT2D eigenvalue weighted by molar-refractivity contribution is 6.37. The van der Waals surface area contributed by atoms with Crippen LogP contribution in [0, 0.1) is 5.92 Å². The Labute approximate surface area is 180 Å². The monoisotopic (exact) mass is 445 g/mol. The molecule has 1 N–H and O–H groups in total. The molecule has 160 valence electrons. The molecule has 0 aromatic heterocycles. The minimum atomic E-state index is -0.654. The summed E-state index contributed by atoms with van der Waals surface area (Å²) in [4.78, 5) is 40.0. The van der Waals surface area contributed by atoms with Gasteiger partial charge >= 0.3 is 12.1 Å². The molecule has 10 heteroatoms. The highest BCUT2D eigenvalue weighted by atomic mass is 35.5. The molecule has 8 nitrogen and oxygen atoms in total. The zero-order valence-electron chi connectivity index (χ0n) is 16.7. The fraction of sp³-hybridized carbons (Fsp3) is 0.526. The number of benzene rings is 1. The number of amides is 2. The van der Waals surface area contributed by atoms with Crippen LogP contribution in [-0.2, 0) is 14.3 Å². The Morgan fingerprint density at radius 1 is 1.14 bits per heavy atom. The van der Waals surface area contributed by atoms with Gasteiger partial charge in [-0.15, -0.1) is 0 Å². The molecule has 29 heavy (non-hydrogen) atoms. The third-order valence-electron chi connectivity index (χ3n) is 4.26. The number of methoxy groups -OCH3 is 1. The molecule has 1 aromatic carbocycles. The van der Waals surface area contributed by atoms with Crippen molar-refractivity contribution in [3.63, 3.8) is 0 Å². The van der Waals surface area contributed by atoms with Crippen molar-refractivity contribution in [2.24, 2.45) is 5.92 Å². The number of nitrogens with one attached hydrogen (secondary N) is 1. The third-order valence-corrected chi connectivity index (χ3v) is 4.78. The number of carbonyl (C=O) groups excluding carboxylic acids is 3. The van der Waals surface area contributed by atoms with Gasteiger partial charge in [-0.05, 0) is 18.1 Å². The number of piperazine rings is 1. The molecule has 0 bridgehead atoms. The molecule has 0 aliphatic carbocycles. The molecule has 1 aromatic rings. The van der Waals surface area contributed by atoms with Crippen molar-refractivity contribution in [3.8, 4) is 0 Å². The van der Waals surface area contributed by atoms with E-state index in [1.165, 1.54) is 19.2 Å². The fourth-order valence-corrected chi connectivity index (χ4v) is 3.31. The van der Waals surface area contributed by atoms with Crippen LogP contribution < -0.4 is 5.32 Å². The first-order valence-corrected chi connectivity index (χ1v) is 9.98. The first-order chi connectivity index (χ1) is 13.7. The number of anilines is 1. The maximum atomic E-state index is 12.5. The van der Waals surface area contributed by atoms with Crippen LogP contribution in [0.1, 0.15) is 24.2 Å². The van der Waals surface area contributed by atoms with E-state index < -0.39 is 5.97 Å². The van der Waals surface area contributed by atoms with Gasteiger partial charge in [-0.3, -0.25) is 9.69 Å². The van der Waals surface area contributed by atoms with Crippen molar-refractivity contribution in [1.29, 1.82) is 0 Å². The van der Waals surface area contributed by atoms with E-state index in [2.05, 4.69) is 5.32 Å². The Kier molecular flexibility index (Phi) is 8.55. The number of hydrogen-bond donors (Lipinski definition) is 1. The normalized spacial score (nSPS) is 14.6. The lowest BCUT2D eigenvalue weighted by Crippen LogP contribution is -2.50. The van der Waals surface area contributed by atoms with Gasteiger partial charge in [0.05, 0.1) is 36.5 Å². The quantitative estimate of drug-likeness (QED) is 0.676. The van der Waals surface area contributed by atoms with Crippen molar-refractivity contribution in [2.45, 2.75) is 13.8 Å². The topological polar surface area (TPSA) is 88.2 Å². The minimum absolute atomic E-state index is 0.0797. The SMILES string of the molecule is COC(=O)c1cc(Cl)cc(Cl)c1NC(=O)CN1CCN(C(=O)OCC(C)C)CC1. The molecule has 1 heterocycles. The summed E-state index contributed by atoms with van der Waals surface area (Å²) in [5.74, 6) is -0.716. The second-order valence-electron chi connectivity index (χ2n) is 7.08. The summed E-state index contributed by atoms with van der Waals surface area (Å²) in [5.41, 5.74) is 0.236. The van der Waals surface area contributed by atoms with Crippen LogP contribution >= 0.6 is 23.2 Å². The number of carbonyl (C=O) groups is 3. The van der Waals surface area contributed by atoms with E-state index in [1.807, 2.05) is 18.7 Å². The van der Waals surface area contributed by atoms with E-state index in [4.69, 9.17) is 32.7 Å². The van der Waals surface area contributed by atoms with Crippen LogP contribution in [0.5, 0.6) is 0 Å². The van der Waals surface area contributed by atoms with Gasteiger partial charge in [0.15, 0.2) is 0 Å². The van der Waals surface area contributed by atoms with E-state index in [9.17, 15) is 14.4 Å². The van der Waals surface area contributed by atoms with Crippen LogP contribution in [0.2, 0.25) is 10.0 Å². The highest BCUT2D eigenvalue weighted by Gasteiger charge is 2.25. The molecule has 1 aliphatic rings. The van der Waals surface area contributed by atoms with Gasteiger partial charge in [-0.2, -0.15) is 0 Å². The third kappa shape index (κ3) is 6.76. The molecule has 1 aliphatic heterocycles. The second kappa shape index (κ2) is 10.7. The summed E-state index contributed by atoms with van der Waals surface area (Å²) in [6, 6.07) is 2.82. The predicted octanol–water partition coefficient (Wildman–Crippen LogP) is 3.13. The van der Waals surface area contributed by atoms with Crippen molar-refractivity contribution < 1.29 is 23.9 Å². The lowest BCUT2D eigenvalue weighted by molar-refractivity contribution is -0.117. The van der Waals surface area contributed by atoms with Crippen LogP contribution in [0.3, 0.4) is 0 Å². The van der Waals surface area contributed by atoms with Crippen LogP contribution in [-0.4, -0.2) is 74.2 Å². The van der Waals surface area contributed by atoms with Gasteiger partial charge in [0.1, 0.15) is 0 Å². The lowest BCUT2D eigenvalue weighted by Gasteiger charge is -2.33. The van der Waals surface area contributed by atoms with Gasteiger partial charge in [-0.1, -0.05) is 37.0 Å². The second-order valence-corrected chi connectivity index (χ2v) is 7.93. The maximum Gasteiger partial charge on any atom is 0.409 e. The number of esters is 1. The van der Waals surface area contributed by atoms with Gasteiger partial charge in [0, 0.05) is 31.2 Å². The number of halogens is 2. The molecule has 0 radical (unpaired) electrons. The number of ether oxygens (including phenoxy) is 2. The first kappa shape index (κ1) is 23.3. The molecule has 2 rings (SSSR count). The van der Waals surface area contributed by atoms with E-state index in [-0.39, 0.29) is 45.8 Å². The Hall–Kier alpha value is -2.03. The molecular formula is C19H25Cl2N3O5. The average Bonchev–Trinajstić information content (AvgIpc) is 2.67. The van der Waals surface area contributed by atoms with Crippen molar-refractivity contribution in [3.05, 3.63) is 27.7 Å². The molecule has 0 spiro atoms. The summed E-state index contributed by atoms with van der Waals surface area (Å²) in [7, 11) is 1.23. The number of rotatable bonds is 6. The van der Waals surface area contributed by atoms with Crippen molar-refractivity contribution in [1.82, 2.24) is 9.80 Å². The van der Waals surface area contributed by atoms with Crippen molar-refractivity contribution in [2.75, 3.05) is 51.8 Å². The molecule has 2 amide bonds. The minimum Gasteiger partial charge on any atom is -0.465 e. The van der Waals surface area contributed by atoms with Gasteiger partial charge in [-0.25, -0.2) is 9.59 Å². The Balaban J connectivity index is 1.91. The summed E-state index contributed by atoms with van der Waals surface area (Å²) in [5, 5.41) is 3.06. The predicted molar refractivity (Wildman–Crippen MR) is 111 cm³/mol. The molecule has 0 saturated carbocycles. The summed E-state index contributed by atoms with van der Waals surface area (Å²) >= 11 is 12.1. The van der Waals surface area contributed by atoms with E-state index >= 15 is 0 Å². The Morgan fingerprint density at radius 3 is 2.38 bits per heavy atom. The zero-order valence-corrected chi connectivity index (χ0v) is 18.2. The van der Waals surface area contributed by atoms with Crippen LogP contribution in [0.15, 0.2) is 12.1 Å². The highest BCUT2D eigenvalue weighted by Crippen LogP contribution is 2.30. The molecular weight excluding hydrogens is 421 g/mol. The first-order valence-electron chi connectivity index (χ1n) is 9.22. The fourth-order valence-electron chi connectivity index (χ4n) is 2.77. The Bertz CT molecular complexity index is 764. The lowest BCUT2D eigenvalue weighted by atomic mass is 10.1. The number of nitrogens with zero attached hydrogens (tertiary/aromatic N) is 2. The van der Waals surface area contributed by atoms with E-state index in [0.717, 1.165) is 0 Å². The average molecular weight is 446 g/mol. The van der Waals surface area contributed by atoms with Gasteiger partial charge in [0.25, 0.3) is 0 Å². The summed E-state index contributed by atoms with van der Waals surface area (Å²) in [6.45, 7) is 6.43. The summed E-state index contributed by atoms with van der Waals surface area (Å²) < 4.78 is 9.95. The Morgan fingerprint density at radius 2 is 1.79 bits per heavy atom. The maximum absolute atomic E-state index is 12.5. The van der Waals surface area contributed by atoms with Crippen LogP contribution in [0.25, 0.3) is 0 Å². The molecule has 1 fully saturated rings. The zero-order chi connectivity index (χ0) is 21.6. The van der Waals surface area contributed by atoms with Gasteiger partial charge in [0.2, 0.25) is 5.91 Å². The molecule has 0 atom stereocenters. The molecule has 0 unspecified atom stereocenters. The van der Waals surface area contributed by atoms with E-state index in [0.29, 0.717) is 32.8 Å². The van der Waals surface area contributed by atoms with E-state index in [1.54, 1.807) is 4.90 Å². The molecule has 1 saturated heterocycles. The van der Waals surface area contributed by atoms with Gasteiger partial charge < -0.3 is 19.7 Å². The van der Waals surface area contributed by atoms with Crippen molar-refractivity contribution >= 4 is 46.9 Å². The largest absolute Gasteiger partial charge is 0.465 e. The smallest absolute Gasteiger partial charge is 0.409 e. The summed E-state index contributed by atoms with van der Waals surface area (Å²) in [6.07, 6.45) is -0.335.